The van der Waals surface area contributed by atoms with E-state index in [4.69, 9.17) is 4.74 Å². The van der Waals surface area contributed by atoms with Crippen molar-refractivity contribution in [1.82, 2.24) is 14.9 Å². The molecule has 0 atom stereocenters. The van der Waals surface area contributed by atoms with Crippen LogP contribution in [-0.2, 0) is 12.5 Å². The Hall–Kier alpha value is -3.51. The number of anilines is 2. The lowest BCUT2D eigenvalue weighted by molar-refractivity contribution is -0.289. The van der Waals surface area contributed by atoms with Gasteiger partial charge in [0, 0.05) is 36.9 Å². The van der Waals surface area contributed by atoms with Crippen LogP contribution in [0.5, 0.6) is 5.75 Å². The molecular weight excluding hydrogens is 557 g/mol. The molecule has 1 saturated heterocycles. The largest absolute Gasteiger partial charge is 0.493 e. The molecule has 1 aliphatic heterocycles. The molecule has 1 aromatic carbocycles. The zero-order chi connectivity index (χ0) is 28.0. The molecule has 2 aromatic heterocycles. The normalized spacial score (nSPS) is 14.8. The summed E-state index contributed by atoms with van der Waals surface area (Å²) in [6.07, 6.45) is 0.397. The van der Waals surface area contributed by atoms with E-state index in [-0.39, 0.29) is 42.0 Å². The number of likely N-dealkylation sites (tertiary alicyclic amines) is 1. The van der Waals surface area contributed by atoms with Gasteiger partial charge in [-0.25, -0.2) is 4.98 Å². The van der Waals surface area contributed by atoms with Gasteiger partial charge in [-0.05, 0) is 80.9 Å². The Balaban J connectivity index is 0.00000441. The van der Waals surface area contributed by atoms with Crippen molar-refractivity contribution in [1.29, 1.82) is 0 Å². The van der Waals surface area contributed by atoms with E-state index in [2.05, 4.69) is 25.5 Å². The van der Waals surface area contributed by atoms with Gasteiger partial charge >= 0.3 is 12.1 Å². The Labute approximate surface area is 234 Å². The first kappa shape index (κ1) is 31.0. The van der Waals surface area contributed by atoms with Gasteiger partial charge in [-0.1, -0.05) is 0 Å². The number of alkyl halides is 5. The molecule has 0 radical (unpaired) electrons. The van der Waals surface area contributed by atoms with Gasteiger partial charge in [-0.3, -0.25) is 9.78 Å². The molecule has 0 unspecified atom stereocenters. The molecule has 13 heteroatoms. The number of piperidine rings is 1. The fourth-order valence-corrected chi connectivity index (χ4v) is 4.18. The number of benzene rings is 1. The number of carbonyl (C=O) groups is 1. The van der Waals surface area contributed by atoms with E-state index in [0.717, 1.165) is 43.6 Å². The lowest BCUT2D eigenvalue weighted by Crippen LogP contribution is -2.35. The van der Waals surface area contributed by atoms with Crippen molar-refractivity contribution in [2.24, 2.45) is 5.92 Å². The van der Waals surface area contributed by atoms with Gasteiger partial charge < -0.3 is 20.3 Å². The summed E-state index contributed by atoms with van der Waals surface area (Å²) in [5.74, 6) is -6.11. The van der Waals surface area contributed by atoms with Crippen LogP contribution >= 0.6 is 12.4 Å². The second-order valence-electron chi connectivity index (χ2n) is 9.40. The Morgan fingerprint density at radius 2 is 1.75 bits per heavy atom. The maximum absolute atomic E-state index is 14.4. The monoisotopic (exact) mass is 585 g/mol. The number of carbonyl (C=O) groups excluding carboxylic acids is 1. The van der Waals surface area contributed by atoms with Crippen LogP contribution in [0.4, 0.5) is 33.5 Å². The van der Waals surface area contributed by atoms with Crippen LogP contribution in [0.2, 0.25) is 0 Å². The molecule has 1 fully saturated rings. The third kappa shape index (κ3) is 7.57. The third-order valence-corrected chi connectivity index (χ3v) is 6.51. The zero-order valence-electron chi connectivity index (χ0n) is 21.5. The van der Waals surface area contributed by atoms with Crippen LogP contribution < -0.4 is 15.4 Å². The molecular formula is C27H29ClF5N5O2. The van der Waals surface area contributed by atoms with Crippen LogP contribution in [0.3, 0.4) is 0 Å². The van der Waals surface area contributed by atoms with Crippen molar-refractivity contribution in [2.75, 3.05) is 37.4 Å². The Morgan fingerprint density at radius 3 is 2.42 bits per heavy atom. The average molecular weight is 586 g/mol. The minimum Gasteiger partial charge on any atom is -0.493 e. The molecule has 0 spiro atoms. The summed E-state index contributed by atoms with van der Waals surface area (Å²) in [7, 11) is 1.95. The molecule has 0 aliphatic carbocycles. The summed E-state index contributed by atoms with van der Waals surface area (Å²) in [5.41, 5.74) is -0.245. The van der Waals surface area contributed by atoms with E-state index in [1.807, 2.05) is 7.05 Å². The smallest absolute Gasteiger partial charge is 0.458 e. The maximum Gasteiger partial charge on any atom is 0.458 e. The Kier molecular flexibility index (Phi) is 10.3. The van der Waals surface area contributed by atoms with Crippen molar-refractivity contribution in [3.8, 4) is 5.75 Å². The highest BCUT2D eigenvalue weighted by Crippen LogP contribution is 2.47. The molecule has 2 N–H and O–H groups in total. The Morgan fingerprint density at radius 1 is 1.05 bits per heavy atom. The van der Waals surface area contributed by atoms with Gasteiger partial charge in [-0.2, -0.15) is 22.0 Å². The quantitative estimate of drug-likeness (QED) is 0.294. The van der Waals surface area contributed by atoms with E-state index in [9.17, 15) is 26.7 Å². The summed E-state index contributed by atoms with van der Waals surface area (Å²) in [6, 6.07) is 9.29. The molecule has 0 bridgehead atoms. The third-order valence-electron chi connectivity index (χ3n) is 6.51. The molecule has 1 amide bonds. The molecule has 3 aromatic rings. The van der Waals surface area contributed by atoms with E-state index in [1.165, 1.54) is 12.3 Å². The van der Waals surface area contributed by atoms with Crippen LogP contribution in [0.15, 0.2) is 61.1 Å². The fourth-order valence-electron chi connectivity index (χ4n) is 4.18. The van der Waals surface area contributed by atoms with Crippen molar-refractivity contribution in [3.05, 3.63) is 77.7 Å². The van der Waals surface area contributed by atoms with Crippen molar-refractivity contribution >= 4 is 29.8 Å². The number of rotatable bonds is 9. The Bertz CT molecular complexity index is 1270. The SMILES string of the molecule is CN1CCC(COc2cc(NC(=O)c3cccnc3NCc3ccncc3)ccc2C(F)(F)C(F)(F)F)CC1.Cl. The lowest BCUT2D eigenvalue weighted by Gasteiger charge is -2.29. The summed E-state index contributed by atoms with van der Waals surface area (Å²) < 4.78 is 73.9. The van der Waals surface area contributed by atoms with Gasteiger partial charge in [0.15, 0.2) is 0 Å². The molecule has 3 heterocycles. The average Bonchev–Trinajstić information content (AvgIpc) is 2.91. The van der Waals surface area contributed by atoms with Gasteiger partial charge in [0.25, 0.3) is 5.91 Å². The van der Waals surface area contributed by atoms with E-state index >= 15 is 0 Å². The first-order valence-corrected chi connectivity index (χ1v) is 12.3. The summed E-state index contributed by atoms with van der Waals surface area (Å²) in [4.78, 5) is 23.3. The molecule has 4 rings (SSSR count). The number of hydrogen-bond donors (Lipinski definition) is 2. The first-order valence-electron chi connectivity index (χ1n) is 12.3. The van der Waals surface area contributed by atoms with Gasteiger partial charge in [0.2, 0.25) is 0 Å². The first-order chi connectivity index (χ1) is 18.5. The number of nitrogens with zero attached hydrogens (tertiary/aromatic N) is 3. The summed E-state index contributed by atoms with van der Waals surface area (Å²) in [6.45, 7) is 1.89. The molecule has 0 saturated carbocycles. The molecule has 1 aliphatic rings. The number of ether oxygens (including phenoxy) is 1. The number of halogens is 6. The second kappa shape index (κ2) is 13.2. The minimum absolute atomic E-state index is 0. The molecule has 7 nitrogen and oxygen atoms in total. The number of amides is 1. The number of aromatic nitrogens is 2. The fraction of sp³-hybridized carbons (Fsp3) is 0.370. The van der Waals surface area contributed by atoms with Gasteiger partial charge in [-0.15, -0.1) is 12.4 Å². The number of nitrogens with one attached hydrogen (secondary N) is 2. The molecule has 40 heavy (non-hydrogen) atoms. The van der Waals surface area contributed by atoms with Gasteiger partial charge in [0.1, 0.15) is 11.6 Å². The number of pyridine rings is 2. The van der Waals surface area contributed by atoms with E-state index in [1.54, 1.807) is 30.6 Å². The highest BCUT2D eigenvalue weighted by Gasteiger charge is 2.60. The highest BCUT2D eigenvalue weighted by atomic mass is 35.5. The van der Waals surface area contributed by atoms with Crippen LogP contribution in [-0.4, -0.2) is 53.7 Å². The summed E-state index contributed by atoms with van der Waals surface area (Å²) in [5, 5.41) is 5.62. The predicted octanol–water partition coefficient (Wildman–Crippen LogP) is 6.14. The minimum atomic E-state index is -5.81. The predicted molar refractivity (Wildman–Crippen MR) is 143 cm³/mol. The highest BCUT2D eigenvalue weighted by molar-refractivity contribution is 6.07. The molecule has 216 valence electrons. The van der Waals surface area contributed by atoms with Crippen LogP contribution in [0.25, 0.3) is 0 Å². The van der Waals surface area contributed by atoms with Crippen molar-refractivity contribution < 1.29 is 31.5 Å². The van der Waals surface area contributed by atoms with E-state index < -0.39 is 29.3 Å². The topological polar surface area (TPSA) is 79.4 Å². The zero-order valence-corrected chi connectivity index (χ0v) is 22.4. The maximum atomic E-state index is 14.4. The van der Waals surface area contributed by atoms with Crippen LogP contribution in [0, 0.1) is 5.92 Å². The lowest BCUT2D eigenvalue weighted by atomic mass is 9.98. The second-order valence-corrected chi connectivity index (χ2v) is 9.40. The van der Waals surface area contributed by atoms with Crippen molar-refractivity contribution in [3.63, 3.8) is 0 Å². The van der Waals surface area contributed by atoms with Gasteiger partial charge in [0.05, 0.1) is 17.7 Å². The van der Waals surface area contributed by atoms with E-state index in [0.29, 0.717) is 12.6 Å². The van der Waals surface area contributed by atoms with Crippen LogP contribution in [0.1, 0.15) is 34.3 Å². The number of hydrogen-bond acceptors (Lipinski definition) is 6. The van der Waals surface area contributed by atoms with Crippen molar-refractivity contribution in [2.45, 2.75) is 31.5 Å². The standard InChI is InChI=1S/C27H28F5N5O2.ClH/c1-37-13-8-19(9-14-37)17-39-23-15-20(4-5-22(23)26(28,29)27(30,31)32)36-25(38)21-3-2-10-34-24(21)35-16-18-6-11-33-12-7-18;/h2-7,10-12,15,19H,8-9,13-14,16-17H2,1H3,(H,34,35)(H,36,38);1H. The summed E-state index contributed by atoms with van der Waals surface area (Å²) >= 11 is 0.